The van der Waals surface area contributed by atoms with Crippen LogP contribution in [0.2, 0.25) is 0 Å². The predicted octanol–water partition coefficient (Wildman–Crippen LogP) is 2.13. The Morgan fingerprint density at radius 2 is 1.80 bits per heavy atom. The Bertz CT molecular complexity index is 399. The van der Waals surface area contributed by atoms with Gasteiger partial charge < -0.3 is 11.5 Å². The van der Waals surface area contributed by atoms with Crippen LogP contribution in [0.4, 0.5) is 0 Å². The normalized spacial score (nSPS) is 10.6. The fraction of sp³-hybridized carbons (Fsp3) is 0.111. The number of nitrogens with two attached hydrogens (primary N) is 2. The minimum Gasteiger partial charge on any atom is -0.369 e. The van der Waals surface area contributed by atoms with Gasteiger partial charge in [0, 0.05) is 14.5 Å². The number of hydrogen-bond donors (Lipinski definition) is 2. The van der Waals surface area contributed by atoms with Gasteiger partial charge in [-0.1, -0.05) is 31.9 Å². The van der Waals surface area contributed by atoms with E-state index < -0.39 is 0 Å². The third-order valence-electron chi connectivity index (χ3n) is 1.58. The molecule has 0 heterocycles. The van der Waals surface area contributed by atoms with Gasteiger partial charge in [0.1, 0.15) is 0 Å². The SMILES string of the molecule is Cc1cc(Br)c(C=NN=C(N)N)c(Br)c1. The van der Waals surface area contributed by atoms with Crippen molar-refractivity contribution in [2.45, 2.75) is 6.92 Å². The van der Waals surface area contributed by atoms with E-state index in [1.807, 2.05) is 19.1 Å². The number of aryl methyl sites for hydroxylation is 1. The second-order valence-electron chi connectivity index (χ2n) is 2.91. The molecule has 0 aliphatic heterocycles. The fourth-order valence-electron chi connectivity index (χ4n) is 0.988. The molecule has 1 rings (SSSR count). The smallest absolute Gasteiger partial charge is 0.211 e. The van der Waals surface area contributed by atoms with Gasteiger partial charge in [0.05, 0.1) is 6.21 Å². The number of hydrogen-bond acceptors (Lipinski definition) is 2. The molecule has 0 atom stereocenters. The maximum absolute atomic E-state index is 5.15. The Balaban J connectivity index is 3.05. The number of rotatable bonds is 2. The van der Waals surface area contributed by atoms with E-state index in [0.717, 1.165) is 20.1 Å². The van der Waals surface area contributed by atoms with Crippen LogP contribution < -0.4 is 11.5 Å². The van der Waals surface area contributed by atoms with Gasteiger partial charge in [-0.15, -0.1) is 5.10 Å². The summed E-state index contributed by atoms with van der Waals surface area (Å²) < 4.78 is 1.87. The zero-order valence-electron chi connectivity index (χ0n) is 8.04. The van der Waals surface area contributed by atoms with Crippen LogP contribution in [0.25, 0.3) is 0 Å². The molecule has 80 valence electrons. The monoisotopic (exact) mass is 332 g/mol. The van der Waals surface area contributed by atoms with Crippen molar-refractivity contribution in [1.29, 1.82) is 0 Å². The summed E-state index contributed by atoms with van der Waals surface area (Å²) in [6, 6.07) is 3.98. The highest BCUT2D eigenvalue weighted by Crippen LogP contribution is 2.25. The molecule has 0 bridgehead atoms. The summed E-state index contributed by atoms with van der Waals surface area (Å²) in [7, 11) is 0. The number of nitrogens with zero attached hydrogens (tertiary/aromatic N) is 2. The Labute approximate surface area is 105 Å². The molecule has 0 radical (unpaired) electrons. The molecule has 0 fully saturated rings. The molecule has 0 aliphatic rings. The van der Waals surface area contributed by atoms with Crippen molar-refractivity contribution in [1.82, 2.24) is 0 Å². The highest BCUT2D eigenvalue weighted by atomic mass is 79.9. The summed E-state index contributed by atoms with van der Waals surface area (Å²) in [6.45, 7) is 2.01. The summed E-state index contributed by atoms with van der Waals surface area (Å²) in [6.07, 6.45) is 1.58. The maximum Gasteiger partial charge on any atom is 0.211 e. The lowest BCUT2D eigenvalue weighted by molar-refractivity contribution is 1.21. The lowest BCUT2D eigenvalue weighted by atomic mass is 10.2. The van der Waals surface area contributed by atoms with Gasteiger partial charge >= 0.3 is 0 Å². The molecule has 15 heavy (non-hydrogen) atoms. The van der Waals surface area contributed by atoms with Gasteiger partial charge in [0.2, 0.25) is 5.96 Å². The summed E-state index contributed by atoms with van der Waals surface area (Å²) in [4.78, 5) is 0. The summed E-state index contributed by atoms with van der Waals surface area (Å²) in [5.74, 6) is -0.0643. The molecular weight excluding hydrogens is 324 g/mol. The van der Waals surface area contributed by atoms with Crippen molar-refractivity contribution in [3.8, 4) is 0 Å². The molecule has 0 spiro atoms. The van der Waals surface area contributed by atoms with E-state index in [1.54, 1.807) is 6.21 Å². The van der Waals surface area contributed by atoms with E-state index in [0.29, 0.717) is 0 Å². The van der Waals surface area contributed by atoms with Crippen molar-refractivity contribution < 1.29 is 0 Å². The lowest BCUT2D eigenvalue weighted by Crippen LogP contribution is -2.21. The maximum atomic E-state index is 5.15. The van der Waals surface area contributed by atoms with Gasteiger partial charge in [0.15, 0.2) is 0 Å². The molecule has 0 unspecified atom stereocenters. The Kier molecular flexibility index (Phi) is 4.28. The molecular formula is C9H10Br2N4. The fourth-order valence-corrected chi connectivity index (χ4v) is 2.61. The molecule has 0 saturated carbocycles. The first kappa shape index (κ1) is 12.2. The van der Waals surface area contributed by atoms with Crippen LogP contribution >= 0.6 is 31.9 Å². The average molecular weight is 334 g/mol. The van der Waals surface area contributed by atoms with E-state index in [2.05, 4.69) is 42.1 Å². The number of benzene rings is 1. The van der Waals surface area contributed by atoms with Gasteiger partial charge in [-0.3, -0.25) is 0 Å². The summed E-state index contributed by atoms with van der Waals surface area (Å²) >= 11 is 6.87. The van der Waals surface area contributed by atoms with Crippen LogP contribution in [-0.4, -0.2) is 12.2 Å². The van der Waals surface area contributed by atoms with Crippen molar-refractivity contribution in [2.75, 3.05) is 0 Å². The van der Waals surface area contributed by atoms with Crippen LogP contribution in [-0.2, 0) is 0 Å². The molecule has 0 aromatic heterocycles. The second-order valence-corrected chi connectivity index (χ2v) is 4.62. The van der Waals surface area contributed by atoms with Crippen LogP contribution in [0.15, 0.2) is 31.3 Å². The topological polar surface area (TPSA) is 76.8 Å². The molecule has 0 saturated heterocycles. The molecule has 0 aliphatic carbocycles. The van der Waals surface area contributed by atoms with Gasteiger partial charge in [-0.2, -0.15) is 5.10 Å². The molecule has 1 aromatic rings. The van der Waals surface area contributed by atoms with Gasteiger partial charge in [-0.25, -0.2) is 0 Å². The average Bonchev–Trinajstić information content (AvgIpc) is 2.08. The Hall–Kier alpha value is -0.880. The summed E-state index contributed by atoms with van der Waals surface area (Å²) in [5.41, 5.74) is 12.3. The second kappa shape index (κ2) is 5.27. The van der Waals surface area contributed by atoms with E-state index in [4.69, 9.17) is 11.5 Å². The van der Waals surface area contributed by atoms with Crippen molar-refractivity contribution in [3.63, 3.8) is 0 Å². The molecule has 0 amide bonds. The van der Waals surface area contributed by atoms with Crippen LogP contribution in [0, 0.1) is 6.92 Å². The van der Waals surface area contributed by atoms with E-state index in [9.17, 15) is 0 Å². The highest BCUT2D eigenvalue weighted by molar-refractivity contribution is 9.11. The van der Waals surface area contributed by atoms with Crippen molar-refractivity contribution in [3.05, 3.63) is 32.2 Å². The van der Waals surface area contributed by atoms with Crippen LogP contribution in [0.1, 0.15) is 11.1 Å². The largest absolute Gasteiger partial charge is 0.369 e. The minimum absolute atomic E-state index is 0.0643. The minimum atomic E-state index is -0.0643. The number of guanidine groups is 1. The zero-order chi connectivity index (χ0) is 11.4. The van der Waals surface area contributed by atoms with Crippen molar-refractivity contribution in [2.24, 2.45) is 21.7 Å². The van der Waals surface area contributed by atoms with Gasteiger partial charge in [0.25, 0.3) is 0 Å². The Morgan fingerprint density at radius 3 is 2.27 bits per heavy atom. The van der Waals surface area contributed by atoms with Crippen LogP contribution in [0.5, 0.6) is 0 Å². The zero-order valence-corrected chi connectivity index (χ0v) is 11.2. The molecule has 4 N–H and O–H groups in total. The molecule has 6 heteroatoms. The van der Waals surface area contributed by atoms with Crippen LogP contribution in [0.3, 0.4) is 0 Å². The molecule has 1 aromatic carbocycles. The summed E-state index contributed by atoms with van der Waals surface area (Å²) in [5, 5.41) is 7.27. The van der Waals surface area contributed by atoms with Gasteiger partial charge in [-0.05, 0) is 24.6 Å². The van der Waals surface area contributed by atoms with E-state index in [-0.39, 0.29) is 5.96 Å². The van der Waals surface area contributed by atoms with Crippen molar-refractivity contribution >= 4 is 44.0 Å². The highest BCUT2D eigenvalue weighted by Gasteiger charge is 2.03. The first-order chi connectivity index (χ1) is 7.00. The first-order valence-corrected chi connectivity index (χ1v) is 5.67. The third-order valence-corrected chi connectivity index (χ3v) is 2.90. The molecule has 4 nitrogen and oxygen atoms in total. The van der Waals surface area contributed by atoms with E-state index >= 15 is 0 Å². The first-order valence-electron chi connectivity index (χ1n) is 4.08. The lowest BCUT2D eigenvalue weighted by Gasteiger charge is -2.02. The standard InChI is InChI=1S/C9H10Br2N4/c1-5-2-7(10)6(8(11)3-5)4-14-15-9(12)13/h2-4H,1H3,(H4,12,13,15). The third kappa shape index (κ3) is 3.64. The van der Waals surface area contributed by atoms with E-state index in [1.165, 1.54) is 0 Å². The number of halogens is 2. The predicted molar refractivity (Wildman–Crippen MR) is 70.0 cm³/mol. The quantitative estimate of drug-likeness (QED) is 0.494. The Morgan fingerprint density at radius 1 is 1.27 bits per heavy atom.